The fourth-order valence-electron chi connectivity index (χ4n) is 3.05. The average molecular weight is 309 g/mol. The van der Waals surface area contributed by atoms with E-state index in [4.69, 9.17) is 11.6 Å². The molecule has 0 aliphatic rings. The van der Waals surface area contributed by atoms with Gasteiger partial charge in [-0.25, -0.2) is 0 Å². The highest BCUT2D eigenvalue weighted by atomic mass is 35.5. The number of halogens is 1. The smallest absolute Gasteiger partial charge is 0.249 e. The second kappa shape index (κ2) is 4.75. The third-order valence-corrected chi connectivity index (χ3v) is 4.33. The van der Waals surface area contributed by atoms with E-state index in [1.165, 1.54) is 6.07 Å². The zero-order valence-electron chi connectivity index (χ0n) is 11.9. The van der Waals surface area contributed by atoms with Crippen molar-refractivity contribution in [1.82, 2.24) is 9.97 Å². The van der Waals surface area contributed by atoms with Crippen molar-refractivity contribution in [2.75, 3.05) is 0 Å². The Bertz CT molecular complexity index is 1060. The van der Waals surface area contributed by atoms with Crippen LogP contribution in [-0.4, -0.2) is 9.97 Å². The topological polar surface area (TPSA) is 48.6 Å². The molecule has 0 fully saturated rings. The van der Waals surface area contributed by atoms with E-state index < -0.39 is 0 Å². The molecule has 0 unspecified atom stereocenters. The first-order valence-corrected chi connectivity index (χ1v) is 7.42. The summed E-state index contributed by atoms with van der Waals surface area (Å²) in [5.74, 6) is 0. The van der Waals surface area contributed by atoms with Gasteiger partial charge in [0.15, 0.2) is 0 Å². The van der Waals surface area contributed by atoms with Gasteiger partial charge in [-0.15, -0.1) is 0 Å². The Labute approximate surface area is 131 Å². The Hall–Kier alpha value is -2.52. The van der Waals surface area contributed by atoms with Gasteiger partial charge in [0.2, 0.25) is 5.56 Å². The van der Waals surface area contributed by atoms with Crippen LogP contribution in [0.4, 0.5) is 0 Å². The van der Waals surface area contributed by atoms with Gasteiger partial charge in [0.1, 0.15) is 0 Å². The number of H-pyrrole nitrogens is 2. The Morgan fingerprint density at radius 2 is 1.59 bits per heavy atom. The van der Waals surface area contributed by atoms with E-state index in [-0.39, 0.29) is 5.56 Å². The summed E-state index contributed by atoms with van der Waals surface area (Å²) in [6.07, 6.45) is 0. The molecule has 108 valence electrons. The van der Waals surface area contributed by atoms with Crippen molar-refractivity contribution in [2.24, 2.45) is 0 Å². The number of pyridine rings is 1. The van der Waals surface area contributed by atoms with Crippen molar-refractivity contribution in [3.05, 3.63) is 69.5 Å². The number of aromatic amines is 2. The van der Waals surface area contributed by atoms with Crippen molar-refractivity contribution < 1.29 is 0 Å². The lowest BCUT2D eigenvalue weighted by Gasteiger charge is -2.03. The first-order chi connectivity index (χ1) is 10.6. The molecule has 0 saturated heterocycles. The number of hydrogen-bond donors (Lipinski definition) is 2. The minimum absolute atomic E-state index is 0.187. The highest BCUT2D eigenvalue weighted by molar-refractivity contribution is 6.37. The molecule has 0 amide bonds. The maximum Gasteiger partial charge on any atom is 0.249 e. The molecule has 22 heavy (non-hydrogen) atoms. The quantitative estimate of drug-likeness (QED) is 0.529. The van der Waals surface area contributed by atoms with E-state index >= 15 is 0 Å². The summed E-state index contributed by atoms with van der Waals surface area (Å²) in [5, 5.41) is 2.42. The molecule has 2 aromatic heterocycles. The number of nitrogens with one attached hydrogen (secondary N) is 2. The monoisotopic (exact) mass is 308 g/mol. The van der Waals surface area contributed by atoms with Gasteiger partial charge >= 0.3 is 0 Å². The van der Waals surface area contributed by atoms with Crippen molar-refractivity contribution in [3.8, 4) is 11.3 Å². The van der Waals surface area contributed by atoms with Crippen molar-refractivity contribution in [2.45, 2.75) is 6.92 Å². The fourth-order valence-corrected chi connectivity index (χ4v) is 3.35. The summed E-state index contributed by atoms with van der Waals surface area (Å²) in [7, 11) is 0. The molecule has 0 aliphatic heterocycles. The molecule has 0 saturated carbocycles. The predicted molar refractivity (Wildman–Crippen MR) is 91.6 cm³/mol. The van der Waals surface area contributed by atoms with Crippen molar-refractivity contribution in [1.29, 1.82) is 0 Å². The maximum absolute atomic E-state index is 11.6. The number of fused-ring (bicyclic) bond motifs is 3. The number of benzene rings is 2. The van der Waals surface area contributed by atoms with Gasteiger partial charge in [0.25, 0.3) is 0 Å². The van der Waals surface area contributed by atoms with Crippen LogP contribution in [0.3, 0.4) is 0 Å². The third-order valence-electron chi connectivity index (χ3n) is 4.03. The van der Waals surface area contributed by atoms with Gasteiger partial charge in [-0.3, -0.25) is 4.79 Å². The highest BCUT2D eigenvalue weighted by Crippen LogP contribution is 2.36. The summed E-state index contributed by atoms with van der Waals surface area (Å²) in [6, 6.07) is 15.5. The average Bonchev–Trinajstić information content (AvgIpc) is 2.85. The number of aryl methyl sites for hydroxylation is 1. The standard InChI is InChI=1S/C18H13ClN2O/c1-10-16-13(21-18(10)11-5-3-2-4-6-11)7-8-14-17(16)12(19)9-15(22)20-14/h2-9,21H,1H3,(H,20,22). The zero-order valence-corrected chi connectivity index (χ0v) is 12.7. The normalized spacial score (nSPS) is 11.4. The van der Waals surface area contributed by atoms with E-state index in [1.54, 1.807) is 0 Å². The van der Waals surface area contributed by atoms with Crippen LogP contribution in [0.1, 0.15) is 5.56 Å². The molecule has 3 nitrogen and oxygen atoms in total. The number of rotatable bonds is 1. The van der Waals surface area contributed by atoms with Crippen molar-refractivity contribution in [3.63, 3.8) is 0 Å². The molecular formula is C18H13ClN2O. The molecule has 2 heterocycles. The summed E-state index contributed by atoms with van der Waals surface area (Å²) < 4.78 is 0. The van der Waals surface area contributed by atoms with Gasteiger partial charge in [-0.05, 0) is 30.2 Å². The second-order valence-electron chi connectivity index (χ2n) is 5.38. The summed E-state index contributed by atoms with van der Waals surface area (Å²) in [4.78, 5) is 17.9. The Morgan fingerprint density at radius 1 is 0.909 bits per heavy atom. The first-order valence-electron chi connectivity index (χ1n) is 7.04. The second-order valence-corrected chi connectivity index (χ2v) is 5.79. The molecule has 2 aromatic carbocycles. The van der Waals surface area contributed by atoms with Crippen LogP contribution in [0, 0.1) is 6.92 Å². The molecular weight excluding hydrogens is 296 g/mol. The summed E-state index contributed by atoms with van der Waals surface area (Å²) in [5.41, 5.74) is 4.91. The van der Waals surface area contributed by atoms with Gasteiger partial charge in [-0.1, -0.05) is 41.9 Å². The van der Waals surface area contributed by atoms with Crippen LogP contribution in [0.2, 0.25) is 5.02 Å². The SMILES string of the molecule is Cc1c(-c2ccccc2)[nH]c2ccc3[nH]c(=O)cc(Cl)c3c12. The molecule has 4 heteroatoms. The molecule has 4 aromatic rings. The summed E-state index contributed by atoms with van der Waals surface area (Å²) in [6.45, 7) is 2.07. The minimum atomic E-state index is -0.187. The maximum atomic E-state index is 11.6. The molecule has 2 N–H and O–H groups in total. The van der Waals surface area contributed by atoms with E-state index in [1.807, 2.05) is 30.3 Å². The van der Waals surface area contributed by atoms with Crippen LogP contribution in [0.15, 0.2) is 53.3 Å². The molecule has 0 radical (unpaired) electrons. The molecule has 0 spiro atoms. The van der Waals surface area contributed by atoms with Gasteiger partial charge in [-0.2, -0.15) is 0 Å². The minimum Gasteiger partial charge on any atom is -0.354 e. The van der Waals surface area contributed by atoms with E-state index in [0.29, 0.717) is 5.02 Å². The van der Waals surface area contributed by atoms with Crippen LogP contribution in [-0.2, 0) is 0 Å². The first kappa shape index (κ1) is 13.2. The van der Waals surface area contributed by atoms with Crippen LogP contribution < -0.4 is 5.56 Å². The van der Waals surface area contributed by atoms with E-state index in [2.05, 4.69) is 29.0 Å². The summed E-state index contributed by atoms with van der Waals surface area (Å²) >= 11 is 6.33. The van der Waals surface area contributed by atoms with Crippen LogP contribution in [0.5, 0.6) is 0 Å². The van der Waals surface area contributed by atoms with Gasteiger partial charge in [0, 0.05) is 28.0 Å². The molecule has 0 aliphatic carbocycles. The van der Waals surface area contributed by atoms with E-state index in [9.17, 15) is 4.79 Å². The number of hydrogen-bond acceptors (Lipinski definition) is 1. The van der Waals surface area contributed by atoms with Gasteiger partial charge < -0.3 is 9.97 Å². The highest BCUT2D eigenvalue weighted by Gasteiger charge is 2.14. The van der Waals surface area contributed by atoms with Gasteiger partial charge in [0.05, 0.1) is 10.5 Å². The Balaban J connectivity index is 2.15. The zero-order chi connectivity index (χ0) is 15.3. The molecule has 4 rings (SSSR count). The van der Waals surface area contributed by atoms with Crippen LogP contribution in [0.25, 0.3) is 33.1 Å². The van der Waals surface area contributed by atoms with Crippen molar-refractivity contribution >= 4 is 33.4 Å². The molecule has 0 atom stereocenters. The predicted octanol–water partition coefficient (Wildman–Crippen LogP) is 4.64. The Morgan fingerprint density at radius 3 is 2.32 bits per heavy atom. The largest absolute Gasteiger partial charge is 0.354 e. The molecule has 0 bridgehead atoms. The lowest BCUT2D eigenvalue weighted by atomic mass is 10.0. The fraction of sp³-hybridized carbons (Fsp3) is 0.0556. The lowest BCUT2D eigenvalue weighted by Crippen LogP contribution is -2.03. The third kappa shape index (κ3) is 1.86. The number of aromatic nitrogens is 2. The lowest BCUT2D eigenvalue weighted by molar-refractivity contribution is 1.31. The van der Waals surface area contributed by atoms with Crippen LogP contribution >= 0.6 is 11.6 Å². The Kier molecular flexibility index (Phi) is 2.84. The van der Waals surface area contributed by atoms with E-state index in [0.717, 1.165) is 38.6 Å².